The van der Waals surface area contributed by atoms with E-state index in [0.717, 1.165) is 5.69 Å². The lowest BCUT2D eigenvalue weighted by atomic mass is 10.2. The summed E-state index contributed by atoms with van der Waals surface area (Å²) in [5, 5.41) is 14.7. The zero-order valence-electron chi connectivity index (χ0n) is 9.12. The van der Waals surface area contributed by atoms with E-state index in [0.29, 0.717) is 22.2 Å². The highest BCUT2D eigenvalue weighted by molar-refractivity contribution is 6.30. The first-order valence-corrected chi connectivity index (χ1v) is 5.28. The molecule has 0 bridgehead atoms. The van der Waals surface area contributed by atoms with Crippen LogP contribution in [0.3, 0.4) is 0 Å². The monoisotopic (exact) mass is 250 g/mol. The van der Waals surface area contributed by atoms with Gasteiger partial charge in [-0.25, -0.2) is 0 Å². The number of amidine groups is 1. The number of aryl methyl sites for hydroxylation is 1. The van der Waals surface area contributed by atoms with Crippen molar-refractivity contribution in [1.82, 2.24) is 10.2 Å². The summed E-state index contributed by atoms with van der Waals surface area (Å²) in [7, 11) is 0. The Bertz CT molecular complexity index is 564. The van der Waals surface area contributed by atoms with Gasteiger partial charge in [-0.05, 0) is 19.1 Å². The van der Waals surface area contributed by atoms with Crippen LogP contribution in [0.25, 0.3) is 0 Å². The molecule has 0 saturated carbocycles. The van der Waals surface area contributed by atoms with Gasteiger partial charge in [-0.2, -0.15) is 0 Å². The summed E-state index contributed by atoms with van der Waals surface area (Å²) in [5.74, 6) is 0.743. The van der Waals surface area contributed by atoms with E-state index in [-0.39, 0.29) is 5.84 Å². The van der Waals surface area contributed by atoms with Gasteiger partial charge in [-0.1, -0.05) is 11.6 Å². The highest BCUT2D eigenvalue weighted by Gasteiger charge is 2.10. The SMILES string of the molecule is Cc1cc(Oc2cc(Cl)ccc2C(=N)N)n[nH]1. The van der Waals surface area contributed by atoms with Crippen LogP contribution in [0.5, 0.6) is 11.6 Å². The molecule has 4 N–H and O–H groups in total. The van der Waals surface area contributed by atoms with Gasteiger partial charge in [-0.15, -0.1) is 5.10 Å². The molecule has 0 fully saturated rings. The van der Waals surface area contributed by atoms with Crippen LogP contribution in [0.4, 0.5) is 0 Å². The maximum absolute atomic E-state index is 7.44. The van der Waals surface area contributed by atoms with Gasteiger partial charge >= 0.3 is 0 Å². The van der Waals surface area contributed by atoms with E-state index in [2.05, 4.69) is 10.2 Å². The van der Waals surface area contributed by atoms with Gasteiger partial charge in [0.2, 0.25) is 5.88 Å². The summed E-state index contributed by atoms with van der Waals surface area (Å²) < 4.78 is 5.52. The van der Waals surface area contributed by atoms with Crippen molar-refractivity contribution in [2.75, 3.05) is 0 Å². The fourth-order valence-corrected chi connectivity index (χ4v) is 1.52. The van der Waals surface area contributed by atoms with Crippen molar-refractivity contribution in [1.29, 1.82) is 5.41 Å². The van der Waals surface area contributed by atoms with Crippen molar-refractivity contribution in [2.45, 2.75) is 6.92 Å². The number of nitrogen functional groups attached to an aromatic ring is 1. The second-order valence-corrected chi connectivity index (χ2v) is 3.98. The second kappa shape index (κ2) is 4.47. The van der Waals surface area contributed by atoms with Crippen LogP contribution < -0.4 is 10.5 Å². The standard InChI is InChI=1S/C11H11ClN4O/c1-6-4-10(16-15-6)17-9-5-7(12)2-3-8(9)11(13)14/h2-5H,1H3,(H3,13,14)(H,15,16). The molecule has 0 unspecified atom stereocenters. The fourth-order valence-electron chi connectivity index (χ4n) is 1.36. The topological polar surface area (TPSA) is 87.8 Å². The quantitative estimate of drug-likeness (QED) is 0.577. The van der Waals surface area contributed by atoms with Crippen LogP contribution in [0, 0.1) is 12.3 Å². The van der Waals surface area contributed by atoms with Gasteiger partial charge in [0.1, 0.15) is 11.6 Å². The van der Waals surface area contributed by atoms with Crippen molar-refractivity contribution in [3.8, 4) is 11.6 Å². The third-order valence-electron chi connectivity index (χ3n) is 2.13. The second-order valence-electron chi connectivity index (χ2n) is 3.55. The number of hydrogen-bond donors (Lipinski definition) is 3. The number of nitrogens with one attached hydrogen (secondary N) is 2. The van der Waals surface area contributed by atoms with Crippen LogP contribution in [-0.4, -0.2) is 16.0 Å². The molecule has 0 amide bonds. The Morgan fingerprint density at radius 3 is 2.82 bits per heavy atom. The van der Waals surface area contributed by atoms with Crippen LogP contribution >= 0.6 is 11.6 Å². The molecule has 2 aromatic rings. The fraction of sp³-hybridized carbons (Fsp3) is 0.0909. The molecule has 0 saturated heterocycles. The summed E-state index contributed by atoms with van der Waals surface area (Å²) in [6.45, 7) is 1.86. The first-order valence-electron chi connectivity index (χ1n) is 4.90. The third-order valence-corrected chi connectivity index (χ3v) is 2.37. The molecule has 1 aromatic heterocycles. The van der Waals surface area contributed by atoms with Crippen molar-refractivity contribution in [3.63, 3.8) is 0 Å². The lowest BCUT2D eigenvalue weighted by molar-refractivity contribution is 0.460. The van der Waals surface area contributed by atoms with E-state index in [1.807, 2.05) is 6.92 Å². The Balaban J connectivity index is 2.37. The van der Waals surface area contributed by atoms with Crippen LogP contribution in [-0.2, 0) is 0 Å². The largest absolute Gasteiger partial charge is 0.437 e. The molecule has 0 aliphatic rings. The first-order chi connectivity index (χ1) is 8.06. The van der Waals surface area contributed by atoms with Gasteiger partial charge in [-0.3, -0.25) is 10.5 Å². The predicted molar refractivity (Wildman–Crippen MR) is 65.9 cm³/mol. The molecular weight excluding hydrogens is 240 g/mol. The lowest BCUT2D eigenvalue weighted by Crippen LogP contribution is -2.12. The van der Waals surface area contributed by atoms with Gasteiger partial charge in [0.05, 0.1) is 5.56 Å². The molecule has 0 spiro atoms. The molecule has 1 aromatic carbocycles. The number of hydrogen-bond acceptors (Lipinski definition) is 3. The summed E-state index contributed by atoms with van der Waals surface area (Å²) in [6, 6.07) is 6.63. The Kier molecular flexibility index (Phi) is 3.01. The minimum Gasteiger partial charge on any atom is -0.437 e. The normalized spacial score (nSPS) is 10.2. The molecule has 0 atom stereocenters. The summed E-state index contributed by atoms with van der Waals surface area (Å²) >= 11 is 5.87. The molecule has 0 aliphatic carbocycles. The number of halogens is 1. The average Bonchev–Trinajstić information content (AvgIpc) is 2.63. The van der Waals surface area contributed by atoms with E-state index < -0.39 is 0 Å². The predicted octanol–water partition coefficient (Wildman–Crippen LogP) is 2.45. The molecular formula is C11H11ClN4O. The number of nitrogens with zero attached hydrogens (tertiary/aromatic N) is 1. The van der Waals surface area contributed by atoms with Crippen molar-refractivity contribution in [2.24, 2.45) is 5.73 Å². The highest BCUT2D eigenvalue weighted by Crippen LogP contribution is 2.27. The minimum absolute atomic E-state index is 0.0797. The third kappa shape index (κ3) is 2.57. The smallest absolute Gasteiger partial charge is 0.238 e. The molecule has 0 aliphatic heterocycles. The number of nitrogens with two attached hydrogens (primary N) is 1. The Labute approximate surface area is 103 Å². The number of H-pyrrole nitrogens is 1. The molecule has 17 heavy (non-hydrogen) atoms. The Hall–Kier alpha value is -2.01. The molecule has 0 radical (unpaired) electrons. The highest BCUT2D eigenvalue weighted by atomic mass is 35.5. The molecule has 5 nitrogen and oxygen atoms in total. The van der Waals surface area contributed by atoms with Crippen molar-refractivity contribution < 1.29 is 4.74 Å². The maximum Gasteiger partial charge on any atom is 0.238 e. The lowest BCUT2D eigenvalue weighted by Gasteiger charge is -2.08. The number of rotatable bonds is 3. The van der Waals surface area contributed by atoms with Gasteiger partial charge in [0.15, 0.2) is 0 Å². The van der Waals surface area contributed by atoms with Crippen molar-refractivity contribution >= 4 is 17.4 Å². The summed E-state index contributed by atoms with van der Waals surface area (Å²) in [6.07, 6.45) is 0. The Morgan fingerprint density at radius 2 is 2.24 bits per heavy atom. The maximum atomic E-state index is 7.44. The number of ether oxygens (including phenoxy) is 1. The molecule has 1 heterocycles. The van der Waals surface area contributed by atoms with E-state index in [4.69, 9.17) is 27.5 Å². The zero-order valence-corrected chi connectivity index (χ0v) is 9.88. The van der Waals surface area contributed by atoms with E-state index in [1.165, 1.54) is 0 Å². The van der Waals surface area contributed by atoms with Crippen LogP contribution in [0.1, 0.15) is 11.3 Å². The van der Waals surface area contributed by atoms with Crippen LogP contribution in [0.15, 0.2) is 24.3 Å². The molecule has 2 rings (SSSR count). The average molecular weight is 251 g/mol. The number of benzene rings is 1. The number of aromatic amines is 1. The van der Waals surface area contributed by atoms with Crippen LogP contribution in [0.2, 0.25) is 5.02 Å². The van der Waals surface area contributed by atoms with Gasteiger partial charge in [0.25, 0.3) is 0 Å². The van der Waals surface area contributed by atoms with Gasteiger partial charge in [0, 0.05) is 22.8 Å². The minimum atomic E-state index is -0.0797. The molecule has 88 valence electrons. The number of aromatic nitrogens is 2. The van der Waals surface area contributed by atoms with Gasteiger partial charge < -0.3 is 10.5 Å². The summed E-state index contributed by atoms with van der Waals surface area (Å²) in [5.41, 5.74) is 6.82. The van der Waals surface area contributed by atoms with E-state index in [9.17, 15) is 0 Å². The van der Waals surface area contributed by atoms with E-state index in [1.54, 1.807) is 24.3 Å². The summed E-state index contributed by atoms with van der Waals surface area (Å²) in [4.78, 5) is 0. The Morgan fingerprint density at radius 1 is 1.47 bits per heavy atom. The zero-order chi connectivity index (χ0) is 12.4. The van der Waals surface area contributed by atoms with Crippen molar-refractivity contribution in [3.05, 3.63) is 40.5 Å². The first kappa shape index (κ1) is 11.5. The molecule has 6 heteroatoms. The van der Waals surface area contributed by atoms with E-state index >= 15 is 0 Å².